The second-order valence-corrected chi connectivity index (χ2v) is 8.46. The average molecular weight is 370 g/mol. The molecule has 2 N–H and O–H groups in total. The molecule has 25 heavy (non-hydrogen) atoms. The van der Waals surface area contributed by atoms with Crippen LogP contribution in [0.25, 0.3) is 0 Å². The van der Waals surface area contributed by atoms with Crippen LogP contribution in [-0.2, 0) is 21.2 Å². The Morgan fingerprint density at radius 1 is 1.20 bits per heavy atom. The summed E-state index contributed by atoms with van der Waals surface area (Å²) in [5, 5.41) is 6.19. The van der Waals surface area contributed by atoms with E-state index in [-0.39, 0.29) is 17.4 Å². The molecule has 7 heteroatoms. The molecule has 0 spiro atoms. The second-order valence-electron chi connectivity index (χ2n) is 5.99. The van der Waals surface area contributed by atoms with E-state index in [2.05, 4.69) is 22.5 Å². The van der Waals surface area contributed by atoms with Gasteiger partial charge in [-0.25, -0.2) is 8.42 Å². The van der Waals surface area contributed by atoms with Crippen LogP contribution in [0.4, 0.5) is 0 Å². The Balaban J connectivity index is 2.34. The van der Waals surface area contributed by atoms with Gasteiger partial charge in [-0.1, -0.05) is 44.2 Å². The summed E-state index contributed by atoms with van der Waals surface area (Å²) >= 11 is 0. The summed E-state index contributed by atoms with van der Waals surface area (Å²) in [5.41, 5.74) is 1.16. The van der Waals surface area contributed by atoms with Crippen molar-refractivity contribution in [3.05, 3.63) is 35.9 Å². The fourth-order valence-corrected chi connectivity index (χ4v) is 2.76. The number of nitrogens with zero attached hydrogens (tertiary/aromatic N) is 1. The molecular weight excluding hydrogens is 338 g/mol. The summed E-state index contributed by atoms with van der Waals surface area (Å²) in [7, 11) is -2.97. The first kappa shape index (κ1) is 21.4. The molecule has 1 unspecified atom stereocenters. The summed E-state index contributed by atoms with van der Waals surface area (Å²) in [5.74, 6) is 1.20. The van der Waals surface area contributed by atoms with Gasteiger partial charge in [-0.3, -0.25) is 4.99 Å². The highest BCUT2D eigenvalue weighted by molar-refractivity contribution is 7.91. The van der Waals surface area contributed by atoms with Gasteiger partial charge in [0.25, 0.3) is 0 Å². The Labute approximate surface area is 152 Å². The average Bonchev–Trinajstić information content (AvgIpc) is 2.60. The molecule has 6 nitrogen and oxygen atoms in total. The van der Waals surface area contributed by atoms with Gasteiger partial charge in [0.05, 0.1) is 19.0 Å². The minimum atomic E-state index is -2.97. The van der Waals surface area contributed by atoms with Crippen LogP contribution in [0.3, 0.4) is 0 Å². The molecule has 0 radical (unpaired) electrons. The zero-order chi connectivity index (χ0) is 18.5. The van der Waals surface area contributed by atoms with Crippen molar-refractivity contribution in [1.29, 1.82) is 0 Å². The third-order valence-corrected chi connectivity index (χ3v) is 5.27. The van der Waals surface area contributed by atoms with Gasteiger partial charge in [-0.2, -0.15) is 0 Å². The zero-order valence-electron chi connectivity index (χ0n) is 15.5. The third-order valence-electron chi connectivity index (χ3n) is 3.56. The SMILES string of the molecule is CCNC(=NCC(C)COCc1ccccc1)NCCS(=O)(=O)CC. The van der Waals surface area contributed by atoms with Crippen LogP contribution in [-0.4, -0.2) is 52.1 Å². The second kappa shape index (κ2) is 11.9. The molecule has 0 saturated heterocycles. The van der Waals surface area contributed by atoms with E-state index in [0.717, 1.165) is 12.1 Å². The van der Waals surface area contributed by atoms with E-state index in [1.807, 2.05) is 37.3 Å². The molecule has 0 aliphatic rings. The molecule has 142 valence electrons. The fourth-order valence-electron chi connectivity index (χ4n) is 2.06. The first-order valence-electron chi connectivity index (χ1n) is 8.81. The van der Waals surface area contributed by atoms with Crippen molar-refractivity contribution in [2.24, 2.45) is 10.9 Å². The number of nitrogens with one attached hydrogen (secondary N) is 2. The zero-order valence-corrected chi connectivity index (χ0v) is 16.3. The number of hydrogen-bond donors (Lipinski definition) is 2. The van der Waals surface area contributed by atoms with E-state index in [1.165, 1.54) is 0 Å². The molecule has 1 aromatic rings. The van der Waals surface area contributed by atoms with Crippen LogP contribution in [0.5, 0.6) is 0 Å². The lowest BCUT2D eigenvalue weighted by Gasteiger charge is -2.14. The molecule has 1 aromatic carbocycles. The predicted octanol–water partition coefficient (Wildman–Crippen LogP) is 1.83. The summed E-state index contributed by atoms with van der Waals surface area (Å²) in [6.45, 7) is 8.65. The van der Waals surface area contributed by atoms with Crippen LogP contribution in [0.15, 0.2) is 35.3 Å². The van der Waals surface area contributed by atoms with Crippen molar-refractivity contribution in [2.45, 2.75) is 27.4 Å². The Bertz CT molecular complexity index is 603. The van der Waals surface area contributed by atoms with Crippen molar-refractivity contribution in [3.8, 4) is 0 Å². The van der Waals surface area contributed by atoms with Gasteiger partial charge in [0.1, 0.15) is 0 Å². The molecule has 0 amide bonds. The maximum Gasteiger partial charge on any atom is 0.191 e. The molecule has 0 bridgehead atoms. The first-order chi connectivity index (χ1) is 12.0. The normalized spacial score (nSPS) is 13.5. The summed E-state index contributed by atoms with van der Waals surface area (Å²) in [4.78, 5) is 4.50. The van der Waals surface area contributed by atoms with Crippen LogP contribution < -0.4 is 10.6 Å². The Kier molecular flexibility index (Phi) is 10.2. The molecular formula is C18H31N3O3S. The number of hydrogen-bond acceptors (Lipinski definition) is 4. The minimum absolute atomic E-state index is 0.115. The molecule has 0 aliphatic carbocycles. The predicted molar refractivity (Wildman–Crippen MR) is 104 cm³/mol. The van der Waals surface area contributed by atoms with E-state index >= 15 is 0 Å². The van der Waals surface area contributed by atoms with Gasteiger partial charge >= 0.3 is 0 Å². The molecule has 0 aromatic heterocycles. The number of rotatable bonds is 11. The van der Waals surface area contributed by atoms with Crippen molar-refractivity contribution >= 4 is 15.8 Å². The van der Waals surface area contributed by atoms with Gasteiger partial charge in [-0.15, -0.1) is 0 Å². The van der Waals surface area contributed by atoms with Crippen molar-refractivity contribution in [1.82, 2.24) is 10.6 Å². The number of aliphatic imine (C=N–C) groups is 1. The minimum Gasteiger partial charge on any atom is -0.376 e. The Morgan fingerprint density at radius 2 is 1.92 bits per heavy atom. The maximum absolute atomic E-state index is 11.5. The smallest absolute Gasteiger partial charge is 0.191 e. The van der Waals surface area contributed by atoms with Gasteiger partial charge < -0.3 is 15.4 Å². The number of benzene rings is 1. The van der Waals surface area contributed by atoms with Gasteiger partial charge in [0, 0.05) is 25.4 Å². The molecule has 0 saturated carbocycles. The topological polar surface area (TPSA) is 79.8 Å². The summed E-state index contributed by atoms with van der Waals surface area (Å²) in [6, 6.07) is 10.1. The number of guanidine groups is 1. The molecule has 0 aliphatic heterocycles. The largest absolute Gasteiger partial charge is 0.376 e. The van der Waals surface area contributed by atoms with E-state index in [4.69, 9.17) is 4.74 Å². The summed E-state index contributed by atoms with van der Waals surface area (Å²) < 4.78 is 28.8. The molecule has 0 fully saturated rings. The molecule has 0 heterocycles. The van der Waals surface area contributed by atoms with Gasteiger partial charge in [-0.05, 0) is 18.4 Å². The summed E-state index contributed by atoms with van der Waals surface area (Å²) in [6.07, 6.45) is 0. The quantitative estimate of drug-likeness (QED) is 0.459. The molecule has 1 rings (SSSR count). The maximum atomic E-state index is 11.5. The number of sulfone groups is 1. The van der Waals surface area contributed by atoms with E-state index in [0.29, 0.717) is 32.3 Å². The van der Waals surface area contributed by atoms with Gasteiger partial charge in [0.15, 0.2) is 15.8 Å². The molecule has 1 atom stereocenters. The van der Waals surface area contributed by atoms with Crippen LogP contribution in [0.1, 0.15) is 26.3 Å². The lowest BCUT2D eigenvalue weighted by Crippen LogP contribution is -2.40. The standard InChI is InChI=1S/C18H31N3O3S/c1-4-19-18(20-11-12-25(22,23)5-2)21-13-16(3)14-24-15-17-9-7-6-8-10-17/h6-10,16H,4-5,11-15H2,1-3H3,(H2,19,20,21). The van der Waals surface area contributed by atoms with E-state index in [9.17, 15) is 8.42 Å². The van der Waals surface area contributed by atoms with Crippen molar-refractivity contribution in [3.63, 3.8) is 0 Å². The lowest BCUT2D eigenvalue weighted by atomic mass is 10.2. The Morgan fingerprint density at radius 3 is 2.56 bits per heavy atom. The highest BCUT2D eigenvalue weighted by atomic mass is 32.2. The van der Waals surface area contributed by atoms with E-state index < -0.39 is 9.84 Å². The first-order valence-corrected chi connectivity index (χ1v) is 10.6. The highest BCUT2D eigenvalue weighted by Gasteiger charge is 2.08. The van der Waals surface area contributed by atoms with Gasteiger partial charge in [0.2, 0.25) is 0 Å². The highest BCUT2D eigenvalue weighted by Crippen LogP contribution is 2.03. The number of ether oxygens (including phenoxy) is 1. The van der Waals surface area contributed by atoms with Crippen molar-refractivity contribution in [2.75, 3.05) is 37.7 Å². The lowest BCUT2D eigenvalue weighted by molar-refractivity contribution is 0.0945. The fraction of sp³-hybridized carbons (Fsp3) is 0.611. The van der Waals surface area contributed by atoms with Crippen molar-refractivity contribution < 1.29 is 13.2 Å². The third kappa shape index (κ3) is 10.1. The van der Waals surface area contributed by atoms with Crippen LogP contribution >= 0.6 is 0 Å². The Hall–Kier alpha value is -1.60. The van der Waals surface area contributed by atoms with E-state index in [1.54, 1.807) is 6.92 Å². The monoisotopic (exact) mass is 369 g/mol. The van der Waals surface area contributed by atoms with Crippen LogP contribution in [0.2, 0.25) is 0 Å². The van der Waals surface area contributed by atoms with Crippen LogP contribution in [0, 0.1) is 5.92 Å².